The number of hydrogen-bond donors (Lipinski definition) is 1. The van der Waals surface area contributed by atoms with Crippen LogP contribution in [0.4, 0.5) is 11.4 Å². The molecule has 2 N–H and O–H groups in total. The van der Waals surface area contributed by atoms with E-state index < -0.39 is 0 Å². The second-order valence-corrected chi connectivity index (χ2v) is 7.93. The van der Waals surface area contributed by atoms with Crippen molar-refractivity contribution in [2.45, 2.75) is 35.6 Å². The second-order valence-electron chi connectivity index (χ2n) is 6.84. The number of anilines is 2. The number of hydrogen-bond acceptors (Lipinski definition) is 4. The highest BCUT2D eigenvalue weighted by Crippen LogP contribution is 2.49. The van der Waals surface area contributed by atoms with Gasteiger partial charge >= 0.3 is 0 Å². The Bertz CT molecular complexity index is 807. The van der Waals surface area contributed by atoms with E-state index in [1.54, 1.807) is 11.8 Å². The van der Waals surface area contributed by atoms with Crippen LogP contribution >= 0.6 is 24.2 Å². The lowest BCUT2D eigenvalue weighted by Gasteiger charge is -2.39. The van der Waals surface area contributed by atoms with E-state index in [1.807, 2.05) is 18.2 Å². The van der Waals surface area contributed by atoms with Crippen LogP contribution in [-0.4, -0.2) is 36.5 Å². The summed E-state index contributed by atoms with van der Waals surface area (Å²) in [5.41, 5.74) is 8.39. The van der Waals surface area contributed by atoms with Crippen molar-refractivity contribution in [2.24, 2.45) is 5.73 Å². The Morgan fingerprint density at radius 3 is 2.54 bits per heavy atom. The molecule has 0 bridgehead atoms. The van der Waals surface area contributed by atoms with Gasteiger partial charge in [0.2, 0.25) is 5.91 Å². The molecule has 0 saturated carbocycles. The van der Waals surface area contributed by atoms with Crippen LogP contribution in [0.25, 0.3) is 0 Å². The second kappa shape index (κ2) is 7.91. The van der Waals surface area contributed by atoms with Gasteiger partial charge in [-0.05, 0) is 63.2 Å². The Balaban J connectivity index is 0.00000196. The van der Waals surface area contributed by atoms with Gasteiger partial charge in [0, 0.05) is 27.9 Å². The maximum atomic E-state index is 11.7. The van der Waals surface area contributed by atoms with E-state index in [4.69, 9.17) is 5.73 Å². The lowest BCUT2D eigenvalue weighted by Crippen LogP contribution is -2.40. The molecule has 0 unspecified atom stereocenters. The molecule has 0 radical (unpaired) electrons. The van der Waals surface area contributed by atoms with Crippen molar-refractivity contribution < 1.29 is 4.79 Å². The molecule has 1 saturated heterocycles. The largest absolute Gasteiger partial charge is 0.366 e. The van der Waals surface area contributed by atoms with Crippen LogP contribution in [0.5, 0.6) is 0 Å². The zero-order chi connectivity index (χ0) is 17.4. The van der Waals surface area contributed by atoms with Gasteiger partial charge in [-0.2, -0.15) is 0 Å². The van der Waals surface area contributed by atoms with Crippen molar-refractivity contribution in [3.8, 4) is 0 Å². The van der Waals surface area contributed by atoms with Crippen molar-refractivity contribution in [1.82, 2.24) is 4.90 Å². The third-order valence-corrected chi connectivity index (χ3v) is 6.14. The van der Waals surface area contributed by atoms with Crippen LogP contribution in [0.3, 0.4) is 0 Å². The fourth-order valence-corrected chi connectivity index (χ4v) is 4.88. The minimum Gasteiger partial charge on any atom is -0.366 e. The highest BCUT2D eigenvalue weighted by atomic mass is 35.5. The fraction of sp³-hybridized carbons (Fsp3) is 0.350. The molecular weight excluding hydrogens is 366 g/mol. The number of carbonyl (C=O) groups excluding carboxylic acids is 1. The third-order valence-electron chi connectivity index (χ3n) is 5.01. The molecule has 0 aliphatic carbocycles. The van der Waals surface area contributed by atoms with Gasteiger partial charge in [0.25, 0.3) is 0 Å². The smallest absolute Gasteiger partial charge is 0.248 e. The molecule has 0 aromatic heterocycles. The first-order chi connectivity index (χ1) is 12.1. The van der Waals surface area contributed by atoms with Crippen LogP contribution in [0.2, 0.25) is 0 Å². The minimum atomic E-state index is -0.376. The Hall–Kier alpha value is -1.69. The lowest BCUT2D eigenvalue weighted by atomic mass is 10.1. The van der Waals surface area contributed by atoms with E-state index in [0.717, 1.165) is 12.2 Å². The van der Waals surface area contributed by atoms with E-state index in [0.29, 0.717) is 11.6 Å². The Morgan fingerprint density at radius 1 is 1.12 bits per heavy atom. The summed E-state index contributed by atoms with van der Waals surface area (Å²) >= 11 is 1.76. The lowest BCUT2D eigenvalue weighted by molar-refractivity contribution is 0.1000. The molecule has 1 fully saturated rings. The molecule has 6 heteroatoms. The van der Waals surface area contributed by atoms with Gasteiger partial charge in [0.05, 0.1) is 11.4 Å². The van der Waals surface area contributed by atoms with E-state index >= 15 is 0 Å². The molecule has 1 atom stereocenters. The molecule has 2 heterocycles. The van der Waals surface area contributed by atoms with Gasteiger partial charge in [0.15, 0.2) is 0 Å². The monoisotopic (exact) mass is 389 g/mol. The summed E-state index contributed by atoms with van der Waals surface area (Å²) in [6.07, 6.45) is 2.59. The highest BCUT2D eigenvalue weighted by Gasteiger charge is 2.29. The molecule has 26 heavy (non-hydrogen) atoms. The number of likely N-dealkylation sites (tertiary alicyclic amines) is 1. The van der Waals surface area contributed by atoms with Crippen LogP contribution in [0.15, 0.2) is 52.3 Å². The number of carbonyl (C=O) groups is 1. The molecule has 4 rings (SSSR count). The normalized spacial score (nSPS) is 17.2. The molecule has 4 nitrogen and oxygen atoms in total. The average molecular weight is 390 g/mol. The summed E-state index contributed by atoms with van der Waals surface area (Å²) in [5.74, 6) is -0.376. The number of rotatable bonds is 4. The van der Waals surface area contributed by atoms with Crippen LogP contribution in [-0.2, 0) is 0 Å². The summed E-state index contributed by atoms with van der Waals surface area (Å²) in [6.45, 7) is 5.66. The number of nitrogens with two attached hydrogens (primary N) is 1. The van der Waals surface area contributed by atoms with Crippen LogP contribution in [0.1, 0.15) is 30.1 Å². The summed E-state index contributed by atoms with van der Waals surface area (Å²) < 4.78 is 0. The molecule has 2 aromatic carbocycles. The topological polar surface area (TPSA) is 49.6 Å². The summed E-state index contributed by atoms with van der Waals surface area (Å²) in [6, 6.07) is 14.6. The first-order valence-electron chi connectivity index (χ1n) is 8.86. The number of halogens is 1. The van der Waals surface area contributed by atoms with Crippen LogP contribution in [0, 0.1) is 0 Å². The van der Waals surface area contributed by atoms with Crippen molar-refractivity contribution in [2.75, 3.05) is 24.5 Å². The highest BCUT2D eigenvalue weighted by molar-refractivity contribution is 7.99. The van der Waals surface area contributed by atoms with Crippen LogP contribution < -0.4 is 10.6 Å². The molecule has 2 aliphatic heterocycles. The van der Waals surface area contributed by atoms with E-state index in [9.17, 15) is 4.79 Å². The van der Waals surface area contributed by atoms with Gasteiger partial charge in [-0.25, -0.2) is 0 Å². The number of benzene rings is 2. The van der Waals surface area contributed by atoms with E-state index in [-0.39, 0.29) is 18.3 Å². The number of amides is 1. The summed E-state index contributed by atoms with van der Waals surface area (Å²) in [5, 5.41) is 0. The van der Waals surface area contributed by atoms with Gasteiger partial charge in [-0.1, -0.05) is 23.9 Å². The van der Waals surface area contributed by atoms with Gasteiger partial charge < -0.3 is 15.5 Å². The first-order valence-corrected chi connectivity index (χ1v) is 9.67. The number of primary amides is 1. The average Bonchev–Trinajstić information content (AvgIpc) is 3.11. The van der Waals surface area contributed by atoms with Gasteiger partial charge in [0.1, 0.15) is 0 Å². The van der Waals surface area contributed by atoms with Crippen molar-refractivity contribution >= 4 is 41.5 Å². The molecular formula is C20H24ClN3OS. The van der Waals surface area contributed by atoms with Gasteiger partial charge in [-0.15, -0.1) is 12.4 Å². The van der Waals surface area contributed by atoms with E-state index in [1.165, 1.54) is 41.4 Å². The maximum absolute atomic E-state index is 11.7. The fourth-order valence-electron chi connectivity index (χ4n) is 3.83. The SMILES string of the molecule is C[C@H](CN1CCCC1)N1c2ccccc2Sc2ccc(C(N)=O)cc21.Cl. The Labute approximate surface area is 165 Å². The standard InChI is InChI=1S/C20H23N3OS.ClH/c1-14(13-22-10-4-5-11-22)23-16-6-2-3-7-18(16)25-19-9-8-15(20(21)24)12-17(19)23;/h2-3,6-9,12,14H,4-5,10-11,13H2,1H3,(H2,21,24);1H/t14-;/m1./s1. The Kier molecular flexibility index (Phi) is 5.80. The maximum Gasteiger partial charge on any atom is 0.248 e. The number of fused-ring (bicyclic) bond motifs is 2. The molecule has 2 aromatic rings. The Morgan fingerprint density at radius 2 is 1.81 bits per heavy atom. The molecule has 138 valence electrons. The van der Waals surface area contributed by atoms with Crippen molar-refractivity contribution in [3.05, 3.63) is 48.0 Å². The third kappa shape index (κ3) is 3.56. The molecule has 2 aliphatic rings. The number of nitrogens with zero attached hydrogens (tertiary/aromatic N) is 2. The van der Waals surface area contributed by atoms with Crippen molar-refractivity contribution in [3.63, 3.8) is 0 Å². The predicted octanol–water partition coefficient (Wildman–Crippen LogP) is 4.29. The minimum absolute atomic E-state index is 0. The van der Waals surface area contributed by atoms with Crippen molar-refractivity contribution in [1.29, 1.82) is 0 Å². The first kappa shape index (κ1) is 19.1. The predicted molar refractivity (Wildman–Crippen MR) is 110 cm³/mol. The summed E-state index contributed by atoms with van der Waals surface area (Å²) in [4.78, 5) is 19.0. The van der Waals surface area contributed by atoms with E-state index in [2.05, 4.69) is 41.0 Å². The quantitative estimate of drug-likeness (QED) is 0.847. The summed E-state index contributed by atoms with van der Waals surface area (Å²) in [7, 11) is 0. The number of para-hydroxylation sites is 1. The zero-order valence-electron chi connectivity index (χ0n) is 14.9. The molecule has 0 spiro atoms. The zero-order valence-corrected chi connectivity index (χ0v) is 16.5. The molecule has 1 amide bonds. The van der Waals surface area contributed by atoms with Gasteiger partial charge in [-0.3, -0.25) is 4.79 Å².